The molecule has 1 saturated heterocycles. The predicted molar refractivity (Wildman–Crippen MR) is 87.5 cm³/mol. The van der Waals surface area contributed by atoms with E-state index in [1.54, 1.807) is 6.07 Å². The number of rotatable bonds is 2. The van der Waals surface area contributed by atoms with Gasteiger partial charge in [0.2, 0.25) is 0 Å². The Morgan fingerprint density at radius 3 is 2.61 bits per heavy atom. The molecule has 0 aromatic heterocycles. The molecule has 4 rings (SSSR count). The lowest BCUT2D eigenvalue weighted by atomic mass is 9.87. The maximum absolute atomic E-state index is 10.3. The van der Waals surface area contributed by atoms with Crippen molar-refractivity contribution in [2.75, 3.05) is 6.54 Å². The van der Waals surface area contributed by atoms with E-state index in [-0.39, 0.29) is 29.7 Å². The van der Waals surface area contributed by atoms with Gasteiger partial charge in [0.15, 0.2) is 11.5 Å². The van der Waals surface area contributed by atoms with Gasteiger partial charge in [-0.1, -0.05) is 36.4 Å². The monoisotopic (exact) mass is 311 g/mol. The fourth-order valence-corrected chi connectivity index (χ4v) is 3.75. The molecule has 4 heteroatoms. The summed E-state index contributed by atoms with van der Waals surface area (Å²) in [6.07, 6.45) is 2.57. The smallest absolute Gasteiger partial charge is 0.161 e. The molecule has 2 aliphatic rings. The van der Waals surface area contributed by atoms with Gasteiger partial charge in [-0.2, -0.15) is 0 Å². The predicted octanol–water partition coefficient (Wildman–Crippen LogP) is 3.20. The number of hydrogen-bond donors (Lipinski definition) is 3. The van der Waals surface area contributed by atoms with Crippen molar-refractivity contribution in [1.29, 1.82) is 0 Å². The third-order valence-corrected chi connectivity index (χ3v) is 4.94. The van der Waals surface area contributed by atoms with Gasteiger partial charge < -0.3 is 20.3 Å². The summed E-state index contributed by atoms with van der Waals surface area (Å²) in [5.74, 6) is -0.0645. The van der Waals surface area contributed by atoms with E-state index >= 15 is 0 Å². The first-order valence-electron chi connectivity index (χ1n) is 8.21. The Hall–Kier alpha value is -2.04. The lowest BCUT2D eigenvalue weighted by molar-refractivity contribution is -0.0444. The van der Waals surface area contributed by atoms with E-state index in [0.29, 0.717) is 6.42 Å². The minimum atomic E-state index is -0.108. The van der Waals surface area contributed by atoms with Gasteiger partial charge in [0.1, 0.15) is 0 Å². The number of aromatic hydroxyl groups is 2. The summed E-state index contributed by atoms with van der Waals surface area (Å²) in [6, 6.07) is 13.8. The number of fused-ring (bicyclic) bond motifs is 1. The molecule has 3 atom stereocenters. The van der Waals surface area contributed by atoms with Gasteiger partial charge in [0.25, 0.3) is 0 Å². The van der Waals surface area contributed by atoms with Crippen molar-refractivity contribution in [1.82, 2.24) is 5.32 Å². The minimum Gasteiger partial charge on any atom is -0.504 e. The van der Waals surface area contributed by atoms with Gasteiger partial charge in [-0.05, 0) is 36.6 Å². The van der Waals surface area contributed by atoms with Crippen LogP contribution in [-0.4, -0.2) is 22.8 Å². The molecule has 1 fully saturated rings. The van der Waals surface area contributed by atoms with Crippen molar-refractivity contribution in [3.63, 3.8) is 0 Å². The van der Waals surface area contributed by atoms with E-state index < -0.39 is 0 Å². The molecule has 0 radical (unpaired) electrons. The summed E-state index contributed by atoms with van der Waals surface area (Å²) in [4.78, 5) is 0. The van der Waals surface area contributed by atoms with Crippen LogP contribution in [-0.2, 0) is 11.2 Å². The summed E-state index contributed by atoms with van der Waals surface area (Å²) in [5, 5.41) is 23.7. The Bertz CT molecular complexity index is 695. The fourth-order valence-electron chi connectivity index (χ4n) is 3.75. The molecular weight excluding hydrogens is 290 g/mol. The highest BCUT2D eigenvalue weighted by molar-refractivity contribution is 5.51. The van der Waals surface area contributed by atoms with Gasteiger partial charge in [0.05, 0.1) is 12.2 Å². The third kappa shape index (κ3) is 2.58. The molecule has 0 aliphatic carbocycles. The first-order chi connectivity index (χ1) is 11.2. The molecule has 2 aromatic rings. The van der Waals surface area contributed by atoms with E-state index in [2.05, 4.69) is 17.4 Å². The normalized spacial score (nSPS) is 26.9. The molecule has 2 aromatic carbocycles. The van der Waals surface area contributed by atoms with Crippen LogP contribution < -0.4 is 5.32 Å². The first-order valence-corrected chi connectivity index (χ1v) is 8.21. The Kier molecular flexibility index (Phi) is 3.71. The van der Waals surface area contributed by atoms with E-state index in [4.69, 9.17) is 4.74 Å². The molecule has 0 saturated carbocycles. The Labute approximate surface area is 135 Å². The van der Waals surface area contributed by atoms with Crippen LogP contribution in [0.15, 0.2) is 42.5 Å². The molecular formula is C19H21NO3. The van der Waals surface area contributed by atoms with E-state index in [0.717, 1.165) is 36.1 Å². The van der Waals surface area contributed by atoms with Gasteiger partial charge in [-0.3, -0.25) is 0 Å². The highest BCUT2D eigenvalue weighted by Gasteiger charge is 2.36. The standard InChI is InChI=1S/C19H21NO3/c21-16-9-8-13-14(18(16)22)11-17(12-5-2-1-3-6-12)23-19(13)15-7-4-10-20-15/h1-3,5-6,8-9,15,17,19-22H,4,7,10-11H2/t15-,17+,19-/m1/s1. The summed E-state index contributed by atoms with van der Waals surface area (Å²) in [6.45, 7) is 1.000. The number of benzene rings is 2. The minimum absolute atomic E-state index is 0.00488. The molecule has 0 unspecified atom stereocenters. The number of nitrogens with one attached hydrogen (secondary N) is 1. The lowest BCUT2D eigenvalue weighted by Gasteiger charge is -2.36. The van der Waals surface area contributed by atoms with Crippen LogP contribution in [0, 0.1) is 0 Å². The molecule has 2 aliphatic heterocycles. The Morgan fingerprint density at radius 2 is 1.87 bits per heavy atom. The zero-order valence-corrected chi connectivity index (χ0v) is 12.9. The molecule has 2 heterocycles. The topological polar surface area (TPSA) is 61.7 Å². The van der Waals surface area contributed by atoms with Gasteiger partial charge >= 0.3 is 0 Å². The zero-order valence-electron chi connectivity index (χ0n) is 12.9. The van der Waals surface area contributed by atoms with Crippen LogP contribution in [0.4, 0.5) is 0 Å². The maximum atomic E-state index is 10.3. The van der Waals surface area contributed by atoms with Gasteiger partial charge in [-0.25, -0.2) is 0 Å². The van der Waals surface area contributed by atoms with Crippen LogP contribution in [0.25, 0.3) is 0 Å². The van der Waals surface area contributed by atoms with E-state index in [1.807, 2.05) is 24.3 Å². The Morgan fingerprint density at radius 1 is 1.04 bits per heavy atom. The Balaban J connectivity index is 1.76. The molecule has 3 N–H and O–H groups in total. The lowest BCUT2D eigenvalue weighted by Crippen LogP contribution is -2.35. The molecule has 120 valence electrons. The summed E-state index contributed by atoms with van der Waals surface area (Å²) >= 11 is 0. The first kappa shape index (κ1) is 14.5. The average Bonchev–Trinajstić information content (AvgIpc) is 3.13. The van der Waals surface area contributed by atoms with E-state index in [9.17, 15) is 10.2 Å². The van der Waals surface area contributed by atoms with Crippen LogP contribution in [0.1, 0.15) is 41.7 Å². The summed E-state index contributed by atoms with van der Waals surface area (Å²) < 4.78 is 6.42. The maximum Gasteiger partial charge on any atom is 0.161 e. The van der Waals surface area contributed by atoms with E-state index in [1.165, 1.54) is 0 Å². The average molecular weight is 311 g/mol. The van der Waals surface area contributed by atoms with Crippen LogP contribution in [0.3, 0.4) is 0 Å². The van der Waals surface area contributed by atoms with Gasteiger partial charge in [0, 0.05) is 18.0 Å². The molecule has 0 spiro atoms. The number of phenolic OH excluding ortho intramolecular Hbond substituents is 2. The molecule has 4 nitrogen and oxygen atoms in total. The molecule has 0 bridgehead atoms. The highest BCUT2D eigenvalue weighted by Crippen LogP contribution is 2.46. The van der Waals surface area contributed by atoms with Gasteiger partial charge in [-0.15, -0.1) is 0 Å². The molecule has 23 heavy (non-hydrogen) atoms. The van der Waals surface area contributed by atoms with Crippen molar-refractivity contribution in [3.05, 3.63) is 59.2 Å². The second kappa shape index (κ2) is 5.87. The number of ether oxygens (including phenoxy) is 1. The molecule has 0 amide bonds. The highest BCUT2D eigenvalue weighted by atomic mass is 16.5. The van der Waals surface area contributed by atoms with Crippen molar-refractivity contribution >= 4 is 0 Å². The van der Waals surface area contributed by atoms with Crippen molar-refractivity contribution in [3.8, 4) is 11.5 Å². The summed E-state index contributed by atoms with van der Waals surface area (Å²) in [5.41, 5.74) is 2.90. The fraction of sp³-hybridized carbons (Fsp3) is 0.368. The van der Waals surface area contributed by atoms with Crippen LogP contribution in [0.2, 0.25) is 0 Å². The number of phenols is 2. The summed E-state index contributed by atoms with van der Waals surface area (Å²) in [7, 11) is 0. The van der Waals surface area contributed by atoms with Crippen LogP contribution >= 0.6 is 0 Å². The number of hydrogen-bond acceptors (Lipinski definition) is 4. The van der Waals surface area contributed by atoms with Crippen LogP contribution in [0.5, 0.6) is 11.5 Å². The SMILES string of the molecule is Oc1ccc2c(c1O)C[C@@H](c1ccccc1)O[C@H]2[C@H]1CCCN1. The van der Waals surface area contributed by atoms with Crippen molar-refractivity contribution < 1.29 is 14.9 Å². The van der Waals surface area contributed by atoms with Crippen molar-refractivity contribution in [2.45, 2.75) is 37.5 Å². The second-order valence-electron chi connectivity index (χ2n) is 6.36. The quantitative estimate of drug-likeness (QED) is 0.745. The van der Waals surface area contributed by atoms with Crippen molar-refractivity contribution in [2.24, 2.45) is 0 Å². The largest absolute Gasteiger partial charge is 0.504 e. The zero-order chi connectivity index (χ0) is 15.8. The third-order valence-electron chi connectivity index (χ3n) is 4.94. The second-order valence-corrected chi connectivity index (χ2v) is 6.36.